The van der Waals surface area contributed by atoms with Gasteiger partial charge in [-0.25, -0.2) is 0 Å². The molecule has 1 fully saturated rings. The molecular weight excluding hydrogens is 474 g/mol. The van der Waals surface area contributed by atoms with Gasteiger partial charge in [0, 0.05) is 22.0 Å². The number of amides is 1. The summed E-state index contributed by atoms with van der Waals surface area (Å²) in [6, 6.07) is 12.5. The largest absolute Gasteiger partial charge is 0.405 e. The highest BCUT2D eigenvalue weighted by Crippen LogP contribution is 2.48. The summed E-state index contributed by atoms with van der Waals surface area (Å²) in [5.74, 6) is -1.45. The van der Waals surface area contributed by atoms with Crippen LogP contribution in [0.1, 0.15) is 44.2 Å². The van der Waals surface area contributed by atoms with Crippen molar-refractivity contribution in [1.82, 2.24) is 10.6 Å². The molecule has 4 atom stereocenters. The maximum absolute atomic E-state index is 13.1. The van der Waals surface area contributed by atoms with E-state index in [0.717, 1.165) is 5.56 Å². The van der Waals surface area contributed by atoms with Crippen LogP contribution in [-0.4, -0.2) is 30.7 Å². The molecule has 1 aliphatic heterocycles. The van der Waals surface area contributed by atoms with Crippen LogP contribution in [0.2, 0.25) is 10.0 Å². The molecule has 0 saturated carbocycles. The molecular formula is C24H28Cl2F3N3O. The second-order valence-corrected chi connectivity index (χ2v) is 10.6. The highest BCUT2D eigenvalue weighted by molar-refractivity contribution is 6.30. The molecule has 2 aromatic carbocycles. The number of nitrogens with one attached hydrogen (secondary N) is 2. The van der Waals surface area contributed by atoms with E-state index >= 15 is 0 Å². The number of carbonyl (C=O) groups is 1. The summed E-state index contributed by atoms with van der Waals surface area (Å²) < 4.78 is 38.5. The standard InChI is InChI=1S/C24H28Cl2F3N3O/c1-22(2,3)12-18-24(30,15-7-9-16(25)10-8-15)19(14-5-4-6-17(26)11-14)20(32-18)21(33)31-13-23(27,28)29/h4-11,18-20,32H,12-13,30H2,1-3H3,(H,31,33)/t18-,19-,20+,24?/m0/s1. The SMILES string of the molecule is CC(C)(C)C[C@@H]1N[C@@H](C(=O)NCC(F)(F)F)[C@H](c2cccc(Cl)c2)C1(N)c1ccc(Cl)cc1. The van der Waals surface area contributed by atoms with Crippen LogP contribution in [-0.2, 0) is 10.3 Å². The van der Waals surface area contributed by atoms with E-state index in [9.17, 15) is 18.0 Å². The third-order valence-corrected chi connectivity index (χ3v) is 6.41. The molecule has 0 aromatic heterocycles. The number of hydrogen-bond donors (Lipinski definition) is 3. The van der Waals surface area contributed by atoms with E-state index in [1.807, 2.05) is 26.1 Å². The van der Waals surface area contributed by atoms with E-state index in [2.05, 4.69) is 5.32 Å². The van der Waals surface area contributed by atoms with Crippen molar-refractivity contribution in [2.75, 3.05) is 6.54 Å². The van der Waals surface area contributed by atoms with Gasteiger partial charge in [-0.15, -0.1) is 0 Å². The molecule has 0 bridgehead atoms. The molecule has 0 aliphatic carbocycles. The van der Waals surface area contributed by atoms with Crippen molar-refractivity contribution in [3.8, 4) is 0 Å². The molecule has 1 amide bonds. The lowest BCUT2D eigenvalue weighted by atomic mass is 9.68. The quantitative estimate of drug-likeness (QED) is 0.514. The third-order valence-electron chi connectivity index (χ3n) is 5.92. The van der Waals surface area contributed by atoms with Crippen molar-refractivity contribution in [2.45, 2.75) is 56.9 Å². The number of hydrogen-bond acceptors (Lipinski definition) is 3. The van der Waals surface area contributed by atoms with E-state index in [4.69, 9.17) is 28.9 Å². The number of halogens is 5. The van der Waals surface area contributed by atoms with Gasteiger partial charge in [0.15, 0.2) is 0 Å². The van der Waals surface area contributed by atoms with E-state index in [0.29, 0.717) is 22.0 Å². The van der Waals surface area contributed by atoms with Gasteiger partial charge in [0.25, 0.3) is 0 Å². The van der Waals surface area contributed by atoms with Gasteiger partial charge in [-0.1, -0.05) is 68.2 Å². The first-order valence-electron chi connectivity index (χ1n) is 10.6. The summed E-state index contributed by atoms with van der Waals surface area (Å²) in [6.45, 7) is 4.71. The van der Waals surface area contributed by atoms with Gasteiger partial charge >= 0.3 is 6.18 Å². The Hall–Kier alpha value is -1.80. The first-order valence-corrected chi connectivity index (χ1v) is 11.4. The summed E-state index contributed by atoms with van der Waals surface area (Å²) in [6.07, 6.45) is -3.95. The maximum atomic E-state index is 13.1. The number of nitrogens with two attached hydrogens (primary N) is 1. The second kappa shape index (κ2) is 9.45. The normalized spacial score (nSPS) is 25.8. The Morgan fingerprint density at radius 1 is 1.09 bits per heavy atom. The summed E-state index contributed by atoms with van der Waals surface area (Å²) in [5, 5.41) is 6.27. The molecule has 1 unspecified atom stereocenters. The number of alkyl halides is 3. The summed E-state index contributed by atoms with van der Waals surface area (Å²) in [7, 11) is 0. The maximum Gasteiger partial charge on any atom is 0.405 e. The van der Waals surface area contributed by atoms with Crippen molar-refractivity contribution < 1.29 is 18.0 Å². The van der Waals surface area contributed by atoms with Crippen molar-refractivity contribution in [3.05, 3.63) is 69.7 Å². The summed E-state index contributed by atoms with van der Waals surface area (Å²) in [5.41, 5.74) is 7.26. The van der Waals surface area contributed by atoms with Crippen molar-refractivity contribution in [1.29, 1.82) is 0 Å². The van der Waals surface area contributed by atoms with Crippen molar-refractivity contribution in [2.24, 2.45) is 11.1 Å². The van der Waals surface area contributed by atoms with Gasteiger partial charge in [0.2, 0.25) is 5.91 Å². The average Bonchev–Trinajstić information content (AvgIpc) is 2.98. The Morgan fingerprint density at radius 3 is 2.27 bits per heavy atom. The molecule has 9 heteroatoms. The lowest BCUT2D eigenvalue weighted by Crippen LogP contribution is -2.51. The highest BCUT2D eigenvalue weighted by atomic mass is 35.5. The Morgan fingerprint density at radius 2 is 1.73 bits per heavy atom. The first-order chi connectivity index (χ1) is 15.2. The number of benzene rings is 2. The van der Waals surface area contributed by atoms with E-state index in [-0.39, 0.29) is 5.41 Å². The fraction of sp³-hybridized carbons (Fsp3) is 0.458. The van der Waals surface area contributed by atoms with Gasteiger partial charge < -0.3 is 16.4 Å². The molecule has 0 spiro atoms. The lowest BCUT2D eigenvalue weighted by Gasteiger charge is -2.39. The third kappa shape index (κ3) is 6.01. The zero-order chi connectivity index (χ0) is 24.6. The van der Waals surface area contributed by atoms with Crippen LogP contribution in [0.3, 0.4) is 0 Å². The van der Waals surface area contributed by atoms with Gasteiger partial charge in [-0.05, 0) is 47.2 Å². The predicted molar refractivity (Wildman–Crippen MR) is 125 cm³/mol. The van der Waals surface area contributed by atoms with Gasteiger partial charge in [-0.2, -0.15) is 13.2 Å². The minimum atomic E-state index is -4.53. The molecule has 2 aromatic rings. The van der Waals surface area contributed by atoms with Crippen molar-refractivity contribution >= 4 is 29.1 Å². The number of carbonyl (C=O) groups excluding carboxylic acids is 1. The number of rotatable bonds is 5. The second-order valence-electron chi connectivity index (χ2n) is 9.77. The molecule has 4 N–H and O–H groups in total. The molecule has 4 nitrogen and oxygen atoms in total. The molecule has 180 valence electrons. The van der Waals surface area contributed by atoms with Crippen molar-refractivity contribution in [3.63, 3.8) is 0 Å². The first kappa shape index (κ1) is 25.8. The van der Waals surface area contributed by atoms with Crippen LogP contribution < -0.4 is 16.4 Å². The predicted octanol–water partition coefficient (Wildman–Crippen LogP) is 5.39. The fourth-order valence-corrected chi connectivity index (χ4v) is 4.92. The summed E-state index contributed by atoms with van der Waals surface area (Å²) >= 11 is 12.3. The van der Waals surface area contributed by atoms with Crippen LogP contribution >= 0.6 is 23.2 Å². The molecule has 1 aliphatic rings. The molecule has 33 heavy (non-hydrogen) atoms. The van der Waals surface area contributed by atoms with Crippen LogP contribution in [0.4, 0.5) is 13.2 Å². The lowest BCUT2D eigenvalue weighted by molar-refractivity contribution is -0.139. The Balaban J connectivity index is 2.15. The zero-order valence-corrected chi connectivity index (χ0v) is 20.2. The van der Waals surface area contributed by atoms with E-state index in [1.165, 1.54) is 0 Å². The summed E-state index contributed by atoms with van der Waals surface area (Å²) in [4.78, 5) is 13.1. The van der Waals surface area contributed by atoms with Crippen LogP contribution in [0.25, 0.3) is 0 Å². The van der Waals surface area contributed by atoms with Crippen LogP contribution in [0.15, 0.2) is 48.5 Å². The Kier molecular flexibility index (Phi) is 7.39. The average molecular weight is 502 g/mol. The highest BCUT2D eigenvalue weighted by Gasteiger charge is 2.57. The van der Waals surface area contributed by atoms with Gasteiger partial charge in [0.05, 0.1) is 11.6 Å². The zero-order valence-electron chi connectivity index (χ0n) is 18.6. The molecule has 0 radical (unpaired) electrons. The smallest absolute Gasteiger partial charge is 0.346 e. The fourth-order valence-electron chi connectivity index (χ4n) is 4.60. The minimum Gasteiger partial charge on any atom is -0.346 e. The van der Waals surface area contributed by atoms with Gasteiger partial charge in [-0.3, -0.25) is 4.79 Å². The van der Waals surface area contributed by atoms with Gasteiger partial charge in [0.1, 0.15) is 6.54 Å². The Labute approximate surface area is 202 Å². The van der Waals surface area contributed by atoms with Crippen LogP contribution in [0, 0.1) is 5.41 Å². The van der Waals surface area contributed by atoms with Crippen LogP contribution in [0.5, 0.6) is 0 Å². The van der Waals surface area contributed by atoms with E-state index < -0.39 is 42.2 Å². The monoisotopic (exact) mass is 501 g/mol. The minimum absolute atomic E-state index is 0.176. The topological polar surface area (TPSA) is 67.2 Å². The molecule has 3 rings (SSSR count). The molecule has 1 saturated heterocycles. The Bertz CT molecular complexity index is 992. The van der Waals surface area contributed by atoms with E-state index in [1.54, 1.807) is 48.5 Å². The molecule has 1 heterocycles.